The Labute approximate surface area is 83.5 Å². The largest absolute Gasteiger partial charge is 0.382 e. The van der Waals surface area contributed by atoms with E-state index in [0.717, 1.165) is 0 Å². The van der Waals surface area contributed by atoms with Gasteiger partial charge in [-0.05, 0) is 12.0 Å². The van der Waals surface area contributed by atoms with E-state index in [1.165, 1.54) is 0 Å². The molecule has 6 heteroatoms. The van der Waals surface area contributed by atoms with Crippen molar-refractivity contribution in [3.63, 3.8) is 0 Å². The predicted molar refractivity (Wildman–Crippen MR) is 52.5 cm³/mol. The summed E-state index contributed by atoms with van der Waals surface area (Å²) in [5.41, 5.74) is 7.39. The van der Waals surface area contributed by atoms with Crippen LogP contribution in [0.5, 0.6) is 0 Å². The molecule has 1 unspecified atom stereocenters. The first-order chi connectivity index (χ1) is 6.74. The first kappa shape index (κ1) is 12.7. The molecule has 0 fully saturated rings. The lowest BCUT2D eigenvalue weighted by Crippen LogP contribution is -2.48. The highest BCUT2D eigenvalue weighted by atomic mass is 16.5. The summed E-state index contributed by atoms with van der Waals surface area (Å²) >= 11 is 0. The normalized spacial score (nSPS) is 13.8. The summed E-state index contributed by atoms with van der Waals surface area (Å²) < 4.78 is 4.96. The number of hydrogen-bond donors (Lipinski definition) is 1. The molecule has 1 N–H and O–H groups in total. The molecule has 14 heavy (non-hydrogen) atoms. The topological polar surface area (TPSA) is 93.8 Å². The van der Waals surface area contributed by atoms with E-state index in [0.29, 0.717) is 26.1 Å². The van der Waals surface area contributed by atoms with Crippen LogP contribution in [0, 0.1) is 11.3 Å². The van der Waals surface area contributed by atoms with Gasteiger partial charge in [-0.3, -0.25) is 5.32 Å². The average Bonchev–Trinajstić information content (AvgIpc) is 2.23. The third-order valence-electron chi connectivity index (χ3n) is 1.95. The Morgan fingerprint density at radius 2 is 2.43 bits per heavy atom. The zero-order chi connectivity index (χ0) is 10.9. The quantitative estimate of drug-likeness (QED) is 0.287. The minimum atomic E-state index is -0.667. The van der Waals surface area contributed by atoms with Crippen molar-refractivity contribution in [1.82, 2.24) is 5.32 Å². The van der Waals surface area contributed by atoms with Gasteiger partial charge in [0.2, 0.25) is 0 Å². The number of nitriles is 1. The van der Waals surface area contributed by atoms with E-state index >= 15 is 0 Å². The molecule has 0 bridgehead atoms. The maximum absolute atomic E-state index is 8.97. The van der Waals surface area contributed by atoms with Crippen molar-refractivity contribution in [3.05, 3.63) is 10.4 Å². The van der Waals surface area contributed by atoms with E-state index in [1.54, 1.807) is 7.11 Å². The van der Waals surface area contributed by atoms with Crippen molar-refractivity contribution < 1.29 is 4.74 Å². The van der Waals surface area contributed by atoms with E-state index in [1.807, 2.05) is 6.92 Å². The molecule has 0 rings (SSSR count). The van der Waals surface area contributed by atoms with Crippen molar-refractivity contribution >= 4 is 0 Å². The van der Waals surface area contributed by atoms with Crippen LogP contribution < -0.4 is 5.32 Å². The van der Waals surface area contributed by atoms with E-state index in [-0.39, 0.29) is 0 Å². The van der Waals surface area contributed by atoms with Gasteiger partial charge in [0.25, 0.3) is 0 Å². The third-order valence-corrected chi connectivity index (χ3v) is 1.95. The molecule has 0 amide bonds. The van der Waals surface area contributed by atoms with Crippen LogP contribution in [0.1, 0.15) is 13.3 Å². The van der Waals surface area contributed by atoms with Gasteiger partial charge in [-0.1, -0.05) is 12.0 Å². The van der Waals surface area contributed by atoms with Gasteiger partial charge >= 0.3 is 0 Å². The minimum Gasteiger partial charge on any atom is -0.382 e. The zero-order valence-corrected chi connectivity index (χ0v) is 8.53. The van der Waals surface area contributed by atoms with Crippen LogP contribution in [0.25, 0.3) is 10.4 Å². The van der Waals surface area contributed by atoms with Gasteiger partial charge in [-0.15, -0.1) is 0 Å². The summed E-state index contributed by atoms with van der Waals surface area (Å²) in [5.74, 6) is 0. The van der Waals surface area contributed by atoms with E-state index in [9.17, 15) is 0 Å². The SMILES string of the molecule is CCC(C#N)(COC)NCCN=[N+]=[N-]. The van der Waals surface area contributed by atoms with Gasteiger partial charge in [-0.25, -0.2) is 0 Å². The van der Waals surface area contributed by atoms with Crippen molar-refractivity contribution in [2.24, 2.45) is 5.11 Å². The Morgan fingerprint density at radius 1 is 1.71 bits per heavy atom. The molecule has 0 heterocycles. The molecule has 0 aliphatic rings. The molecule has 0 radical (unpaired) electrons. The van der Waals surface area contributed by atoms with Crippen LogP contribution in [0.15, 0.2) is 5.11 Å². The lowest BCUT2D eigenvalue weighted by molar-refractivity contribution is 0.135. The summed E-state index contributed by atoms with van der Waals surface area (Å²) in [5, 5.41) is 15.4. The fourth-order valence-corrected chi connectivity index (χ4v) is 1.07. The fourth-order valence-electron chi connectivity index (χ4n) is 1.07. The molecule has 78 valence electrons. The number of hydrogen-bond acceptors (Lipinski definition) is 4. The Hall–Kier alpha value is -1.28. The summed E-state index contributed by atoms with van der Waals surface area (Å²) in [7, 11) is 1.55. The summed E-state index contributed by atoms with van der Waals surface area (Å²) in [6.45, 7) is 3.05. The fraction of sp³-hybridized carbons (Fsp3) is 0.875. The van der Waals surface area contributed by atoms with Crippen LogP contribution in [0.4, 0.5) is 0 Å². The Kier molecular flexibility index (Phi) is 6.50. The summed E-state index contributed by atoms with van der Waals surface area (Å²) in [6.07, 6.45) is 0.646. The van der Waals surface area contributed by atoms with Gasteiger partial charge in [0.15, 0.2) is 0 Å². The zero-order valence-electron chi connectivity index (χ0n) is 8.53. The molecular formula is C8H15N5O. The Balaban J connectivity index is 4.08. The maximum atomic E-state index is 8.97. The van der Waals surface area contributed by atoms with E-state index in [4.69, 9.17) is 15.5 Å². The van der Waals surface area contributed by atoms with Crippen LogP contribution >= 0.6 is 0 Å². The number of rotatable bonds is 7. The first-order valence-corrected chi connectivity index (χ1v) is 4.40. The van der Waals surface area contributed by atoms with Crippen molar-refractivity contribution in [2.45, 2.75) is 18.9 Å². The molecule has 0 aromatic carbocycles. The van der Waals surface area contributed by atoms with Gasteiger partial charge in [0, 0.05) is 25.1 Å². The van der Waals surface area contributed by atoms with Crippen molar-refractivity contribution in [1.29, 1.82) is 5.26 Å². The smallest absolute Gasteiger partial charge is 0.130 e. The van der Waals surface area contributed by atoms with E-state index in [2.05, 4.69) is 21.4 Å². The lowest BCUT2D eigenvalue weighted by atomic mass is 9.99. The van der Waals surface area contributed by atoms with Crippen LogP contribution in [0.3, 0.4) is 0 Å². The first-order valence-electron chi connectivity index (χ1n) is 4.40. The monoisotopic (exact) mass is 197 g/mol. The number of methoxy groups -OCH3 is 1. The minimum absolute atomic E-state index is 0.330. The molecule has 0 saturated carbocycles. The molecule has 6 nitrogen and oxygen atoms in total. The molecule has 0 aromatic rings. The average molecular weight is 197 g/mol. The van der Waals surface area contributed by atoms with E-state index < -0.39 is 5.54 Å². The second kappa shape index (κ2) is 7.15. The van der Waals surface area contributed by atoms with Crippen molar-refractivity contribution in [3.8, 4) is 6.07 Å². The second-order valence-electron chi connectivity index (χ2n) is 2.86. The third kappa shape index (κ3) is 4.10. The maximum Gasteiger partial charge on any atom is 0.130 e. The molecule has 0 spiro atoms. The standard InChI is InChI=1S/C8H15N5O/c1-3-8(6-9,7-14-2)11-4-5-12-13-10/h11H,3-5,7H2,1-2H3. The molecular weight excluding hydrogens is 182 g/mol. The Morgan fingerprint density at radius 3 is 2.86 bits per heavy atom. The number of nitrogens with zero attached hydrogens (tertiary/aromatic N) is 4. The van der Waals surface area contributed by atoms with Crippen LogP contribution in [-0.4, -0.2) is 32.3 Å². The van der Waals surface area contributed by atoms with Gasteiger partial charge < -0.3 is 4.74 Å². The van der Waals surface area contributed by atoms with Crippen LogP contribution in [-0.2, 0) is 4.74 Å². The second-order valence-corrected chi connectivity index (χ2v) is 2.86. The highest BCUT2D eigenvalue weighted by Crippen LogP contribution is 2.08. The number of azide groups is 1. The number of ether oxygens (including phenoxy) is 1. The lowest BCUT2D eigenvalue weighted by Gasteiger charge is -2.25. The molecule has 0 aliphatic carbocycles. The highest BCUT2D eigenvalue weighted by molar-refractivity contribution is 5.06. The van der Waals surface area contributed by atoms with Gasteiger partial charge in [0.05, 0.1) is 12.7 Å². The molecule has 0 saturated heterocycles. The Bertz CT molecular complexity index is 243. The van der Waals surface area contributed by atoms with Crippen molar-refractivity contribution in [2.75, 3.05) is 26.8 Å². The number of nitrogens with one attached hydrogen (secondary N) is 1. The summed E-state index contributed by atoms with van der Waals surface area (Å²) in [4.78, 5) is 2.62. The predicted octanol–water partition coefficient (Wildman–Crippen LogP) is 1.21. The molecule has 0 aliphatic heterocycles. The van der Waals surface area contributed by atoms with Crippen LogP contribution in [0.2, 0.25) is 0 Å². The summed E-state index contributed by atoms with van der Waals surface area (Å²) in [6, 6.07) is 2.17. The van der Waals surface area contributed by atoms with Gasteiger partial charge in [-0.2, -0.15) is 5.26 Å². The highest BCUT2D eigenvalue weighted by Gasteiger charge is 2.26. The molecule has 1 atom stereocenters. The van der Waals surface area contributed by atoms with Gasteiger partial charge in [0.1, 0.15) is 5.54 Å². The molecule has 0 aromatic heterocycles.